The number of morpholine rings is 1. The normalized spacial score (nSPS) is 15.7. The van der Waals surface area contributed by atoms with Gasteiger partial charge in [0.15, 0.2) is 12.4 Å². The summed E-state index contributed by atoms with van der Waals surface area (Å²) in [4.78, 5) is 27.8. The first-order chi connectivity index (χ1) is 8.59. The van der Waals surface area contributed by atoms with E-state index < -0.39 is 4.92 Å². The molecule has 1 aliphatic heterocycles. The Morgan fingerprint density at radius 3 is 2.83 bits per heavy atom. The average Bonchev–Trinajstić information content (AvgIpc) is 2.72. The van der Waals surface area contributed by atoms with Gasteiger partial charge in [0.05, 0.1) is 13.2 Å². The van der Waals surface area contributed by atoms with E-state index in [9.17, 15) is 14.9 Å². The highest BCUT2D eigenvalue weighted by atomic mass is 16.6. The molecule has 0 spiro atoms. The summed E-state index contributed by atoms with van der Waals surface area (Å²) in [5, 5.41) is 10.8. The molecule has 0 aliphatic carbocycles. The predicted octanol–water partition coefficient (Wildman–Crippen LogP) is -0.0415. The van der Waals surface area contributed by atoms with Crippen molar-refractivity contribution < 1.29 is 14.5 Å². The lowest BCUT2D eigenvalue weighted by molar-refractivity contribution is -0.392. The smallest absolute Gasteiger partial charge is 0.343 e. The van der Waals surface area contributed by atoms with Gasteiger partial charge in [-0.25, -0.2) is 9.55 Å². The van der Waals surface area contributed by atoms with Gasteiger partial charge >= 0.3 is 5.82 Å². The van der Waals surface area contributed by atoms with Gasteiger partial charge in [-0.15, -0.1) is 0 Å². The molecule has 98 valence electrons. The van der Waals surface area contributed by atoms with Gasteiger partial charge in [0.2, 0.25) is 0 Å². The second-order valence-corrected chi connectivity index (χ2v) is 4.00. The maximum atomic E-state index is 12.0. The van der Waals surface area contributed by atoms with Crippen molar-refractivity contribution in [2.45, 2.75) is 13.5 Å². The minimum Gasteiger partial charge on any atom is -0.378 e. The summed E-state index contributed by atoms with van der Waals surface area (Å²) in [7, 11) is 0. The van der Waals surface area contributed by atoms with Crippen molar-refractivity contribution in [2.75, 3.05) is 26.3 Å². The van der Waals surface area contributed by atoms with Crippen molar-refractivity contribution in [3.63, 3.8) is 0 Å². The number of rotatable bonds is 3. The number of amides is 1. The Morgan fingerprint density at radius 2 is 2.22 bits per heavy atom. The van der Waals surface area contributed by atoms with Gasteiger partial charge in [-0.2, -0.15) is 0 Å². The lowest BCUT2D eigenvalue weighted by atomic mass is 10.4. The van der Waals surface area contributed by atoms with E-state index in [4.69, 9.17) is 4.74 Å². The van der Waals surface area contributed by atoms with Crippen LogP contribution in [0.25, 0.3) is 0 Å². The highest BCUT2D eigenvalue weighted by molar-refractivity contribution is 5.76. The predicted molar refractivity (Wildman–Crippen MR) is 61.0 cm³/mol. The van der Waals surface area contributed by atoms with Crippen LogP contribution in [0.2, 0.25) is 0 Å². The van der Waals surface area contributed by atoms with Gasteiger partial charge in [-0.1, -0.05) is 0 Å². The molecule has 1 aromatic rings. The van der Waals surface area contributed by atoms with Crippen LogP contribution < -0.4 is 0 Å². The van der Waals surface area contributed by atoms with E-state index in [0.717, 1.165) is 0 Å². The van der Waals surface area contributed by atoms with Gasteiger partial charge < -0.3 is 19.8 Å². The van der Waals surface area contributed by atoms with Crippen molar-refractivity contribution in [1.29, 1.82) is 0 Å². The van der Waals surface area contributed by atoms with Gasteiger partial charge in [0.1, 0.15) is 6.20 Å². The monoisotopic (exact) mass is 254 g/mol. The lowest BCUT2D eigenvalue weighted by Gasteiger charge is -2.26. The number of aromatic nitrogens is 2. The molecular weight excluding hydrogens is 240 g/mol. The van der Waals surface area contributed by atoms with Gasteiger partial charge in [0.25, 0.3) is 5.91 Å². The summed E-state index contributed by atoms with van der Waals surface area (Å²) in [6.07, 6.45) is 1.17. The molecule has 2 rings (SSSR count). The fourth-order valence-corrected chi connectivity index (χ4v) is 1.85. The number of hydrogen-bond donors (Lipinski definition) is 0. The maximum absolute atomic E-state index is 12.0. The number of aryl methyl sites for hydroxylation is 1. The average molecular weight is 254 g/mol. The Morgan fingerprint density at radius 1 is 1.56 bits per heavy atom. The molecule has 1 saturated heterocycles. The molecule has 1 aromatic heterocycles. The number of imidazole rings is 1. The molecular formula is C10H14N4O4. The van der Waals surface area contributed by atoms with Crippen LogP contribution in [0.5, 0.6) is 0 Å². The number of nitro groups is 1. The minimum absolute atomic E-state index is 0.0534. The second kappa shape index (κ2) is 5.13. The summed E-state index contributed by atoms with van der Waals surface area (Å²) in [6, 6.07) is 0. The number of ether oxygens (including phenoxy) is 1. The zero-order valence-electron chi connectivity index (χ0n) is 10.0. The standard InChI is InChI=1S/C10H14N4O4/c1-8-11-6-9(14(16)17)13(8)7-10(15)12-2-4-18-5-3-12/h6H,2-5,7H2,1H3. The Hall–Kier alpha value is -1.96. The summed E-state index contributed by atoms with van der Waals surface area (Å²) >= 11 is 0. The minimum atomic E-state index is -0.535. The quantitative estimate of drug-likeness (QED) is 0.557. The van der Waals surface area contributed by atoms with Crippen LogP contribution in [0.4, 0.5) is 5.82 Å². The molecule has 0 aromatic carbocycles. The summed E-state index contributed by atoms with van der Waals surface area (Å²) in [5.41, 5.74) is 0. The van der Waals surface area contributed by atoms with E-state index in [1.807, 2.05) is 0 Å². The highest BCUT2D eigenvalue weighted by Crippen LogP contribution is 2.14. The van der Waals surface area contributed by atoms with Crippen molar-refractivity contribution in [2.24, 2.45) is 0 Å². The summed E-state index contributed by atoms with van der Waals surface area (Å²) in [6.45, 7) is 3.66. The Bertz CT molecular complexity index is 464. The molecule has 0 atom stereocenters. The molecule has 1 amide bonds. The van der Waals surface area contributed by atoms with Gasteiger partial charge in [-0.3, -0.25) is 4.79 Å². The van der Waals surface area contributed by atoms with Crippen LogP contribution in [-0.4, -0.2) is 51.6 Å². The molecule has 8 heteroatoms. The van der Waals surface area contributed by atoms with Crippen LogP contribution in [0.15, 0.2) is 6.20 Å². The Balaban J connectivity index is 2.10. The second-order valence-electron chi connectivity index (χ2n) is 4.00. The molecule has 1 fully saturated rings. The molecule has 1 aliphatic rings. The lowest BCUT2D eigenvalue weighted by Crippen LogP contribution is -2.42. The fraction of sp³-hybridized carbons (Fsp3) is 0.600. The van der Waals surface area contributed by atoms with E-state index in [1.165, 1.54) is 10.8 Å². The van der Waals surface area contributed by atoms with Crippen LogP contribution in [0.3, 0.4) is 0 Å². The highest BCUT2D eigenvalue weighted by Gasteiger charge is 2.24. The zero-order chi connectivity index (χ0) is 13.1. The van der Waals surface area contributed by atoms with Crippen LogP contribution >= 0.6 is 0 Å². The third-order valence-corrected chi connectivity index (χ3v) is 2.88. The largest absolute Gasteiger partial charge is 0.378 e. The topological polar surface area (TPSA) is 90.5 Å². The van der Waals surface area contributed by atoms with E-state index in [1.54, 1.807) is 11.8 Å². The maximum Gasteiger partial charge on any atom is 0.343 e. The third-order valence-electron chi connectivity index (χ3n) is 2.88. The SMILES string of the molecule is Cc1ncc([N+](=O)[O-])n1CC(=O)N1CCOCC1. The summed E-state index contributed by atoms with van der Waals surface area (Å²) in [5.74, 6) is 0.153. The Kier molecular flexibility index (Phi) is 3.56. The van der Waals surface area contributed by atoms with Gasteiger partial charge in [-0.05, 0) is 4.92 Å². The molecule has 0 radical (unpaired) electrons. The number of carbonyl (C=O) groups excluding carboxylic acids is 1. The Labute approximate surface area is 103 Å². The summed E-state index contributed by atoms with van der Waals surface area (Å²) < 4.78 is 6.47. The molecule has 8 nitrogen and oxygen atoms in total. The van der Waals surface area contributed by atoms with Crippen molar-refractivity contribution in [3.05, 3.63) is 22.1 Å². The zero-order valence-corrected chi connectivity index (χ0v) is 10.0. The number of hydrogen-bond acceptors (Lipinski definition) is 5. The number of carbonyl (C=O) groups is 1. The van der Waals surface area contributed by atoms with Crippen LogP contribution in [0, 0.1) is 17.0 Å². The van der Waals surface area contributed by atoms with Crippen molar-refractivity contribution >= 4 is 11.7 Å². The molecule has 0 saturated carbocycles. The molecule has 0 bridgehead atoms. The van der Waals surface area contributed by atoms with E-state index >= 15 is 0 Å². The van der Waals surface area contributed by atoms with Gasteiger partial charge in [0, 0.05) is 20.0 Å². The van der Waals surface area contributed by atoms with Crippen LogP contribution in [-0.2, 0) is 16.1 Å². The molecule has 18 heavy (non-hydrogen) atoms. The first-order valence-corrected chi connectivity index (χ1v) is 5.61. The van der Waals surface area contributed by atoms with E-state index in [-0.39, 0.29) is 18.3 Å². The first kappa shape index (κ1) is 12.5. The molecule has 2 heterocycles. The van der Waals surface area contributed by atoms with Crippen molar-refractivity contribution in [1.82, 2.24) is 14.5 Å². The molecule has 0 N–H and O–H groups in total. The van der Waals surface area contributed by atoms with Crippen LogP contribution in [0.1, 0.15) is 5.82 Å². The third kappa shape index (κ3) is 2.48. The first-order valence-electron chi connectivity index (χ1n) is 5.61. The van der Waals surface area contributed by atoms with E-state index in [0.29, 0.717) is 32.1 Å². The van der Waals surface area contributed by atoms with E-state index in [2.05, 4.69) is 4.98 Å². The number of nitrogens with zero attached hydrogens (tertiary/aromatic N) is 4. The van der Waals surface area contributed by atoms with Crippen molar-refractivity contribution in [3.8, 4) is 0 Å². The molecule has 0 unspecified atom stereocenters. The fourth-order valence-electron chi connectivity index (χ4n) is 1.85.